The molecule has 8 heteroatoms. The maximum absolute atomic E-state index is 12.8. The van der Waals surface area contributed by atoms with Crippen molar-refractivity contribution < 1.29 is 18.7 Å². The molecule has 1 aromatic carbocycles. The predicted molar refractivity (Wildman–Crippen MR) is 134 cm³/mol. The third kappa shape index (κ3) is 4.92. The second-order valence-corrected chi connectivity index (χ2v) is 8.80. The molecule has 0 spiro atoms. The van der Waals surface area contributed by atoms with Crippen molar-refractivity contribution in [3.63, 3.8) is 0 Å². The van der Waals surface area contributed by atoms with E-state index in [4.69, 9.17) is 13.9 Å². The molecule has 3 heterocycles. The zero-order valence-corrected chi connectivity index (χ0v) is 20.4. The number of aromatic nitrogens is 1. The van der Waals surface area contributed by atoms with Crippen molar-refractivity contribution in [3.8, 4) is 11.5 Å². The zero-order chi connectivity index (χ0) is 24.1. The Kier molecular flexibility index (Phi) is 7.18. The Morgan fingerprint density at radius 3 is 2.65 bits per heavy atom. The molecular weight excluding hydrogens is 450 g/mol. The molecule has 0 radical (unpaired) electrons. The minimum atomic E-state index is -0.372. The van der Waals surface area contributed by atoms with Crippen molar-refractivity contribution in [2.24, 2.45) is 0 Å². The predicted octanol–water partition coefficient (Wildman–Crippen LogP) is 6.08. The largest absolute Gasteiger partial charge is 0.493 e. The highest BCUT2D eigenvalue weighted by molar-refractivity contribution is 7.16. The minimum Gasteiger partial charge on any atom is -0.493 e. The van der Waals surface area contributed by atoms with E-state index in [0.29, 0.717) is 17.3 Å². The zero-order valence-electron chi connectivity index (χ0n) is 19.5. The lowest BCUT2D eigenvalue weighted by molar-refractivity contribution is 0.0997. The number of thiophene rings is 1. The highest BCUT2D eigenvalue weighted by Crippen LogP contribution is 2.43. The maximum Gasteiger partial charge on any atom is 0.291 e. The van der Waals surface area contributed by atoms with E-state index < -0.39 is 0 Å². The second kappa shape index (κ2) is 10.4. The van der Waals surface area contributed by atoms with Gasteiger partial charge in [0, 0.05) is 22.2 Å². The van der Waals surface area contributed by atoms with Crippen molar-refractivity contribution in [1.29, 1.82) is 0 Å². The van der Waals surface area contributed by atoms with E-state index in [1.165, 1.54) is 17.6 Å². The first-order chi connectivity index (χ1) is 16.5. The standard InChI is InChI=1S/C26H27N3O4S/c1-5-17-15-19(26(34-17)29-25(30)21-10-7-13-33-21)23(28-22-14-16(2)11-12-27-22)18-8-6-9-20(31-3)24(18)32-4/h6-15,23H,5H2,1-4H3,(H,27,28)(H,29,30)/t23-/m0/s1. The summed E-state index contributed by atoms with van der Waals surface area (Å²) in [7, 11) is 3.23. The average Bonchev–Trinajstić information content (AvgIpc) is 3.52. The van der Waals surface area contributed by atoms with Gasteiger partial charge in [-0.3, -0.25) is 4.79 Å². The smallest absolute Gasteiger partial charge is 0.291 e. The molecule has 0 saturated heterocycles. The first-order valence-electron chi connectivity index (χ1n) is 10.9. The number of benzene rings is 1. The van der Waals surface area contributed by atoms with Crippen molar-refractivity contribution in [1.82, 2.24) is 4.98 Å². The number of nitrogens with one attached hydrogen (secondary N) is 2. The minimum absolute atomic E-state index is 0.251. The van der Waals surface area contributed by atoms with Crippen LogP contribution in [0.3, 0.4) is 0 Å². The summed E-state index contributed by atoms with van der Waals surface area (Å²) in [4.78, 5) is 18.5. The Morgan fingerprint density at radius 2 is 1.97 bits per heavy atom. The fraction of sp³-hybridized carbons (Fsp3) is 0.231. The van der Waals surface area contributed by atoms with Gasteiger partial charge in [0.2, 0.25) is 0 Å². The average molecular weight is 478 g/mol. The fourth-order valence-corrected chi connectivity index (χ4v) is 4.77. The number of para-hydroxylation sites is 1. The number of methoxy groups -OCH3 is 2. The van der Waals surface area contributed by atoms with Crippen molar-refractivity contribution in [3.05, 3.63) is 88.3 Å². The Hall–Kier alpha value is -3.78. The number of furan rings is 1. The number of carbonyl (C=O) groups excluding carboxylic acids is 1. The van der Waals surface area contributed by atoms with Crippen LogP contribution in [-0.4, -0.2) is 25.1 Å². The number of amides is 1. The molecule has 176 valence electrons. The topological polar surface area (TPSA) is 85.6 Å². The normalized spacial score (nSPS) is 11.6. The number of hydrogen-bond donors (Lipinski definition) is 2. The van der Waals surface area contributed by atoms with Crippen LogP contribution in [0.25, 0.3) is 0 Å². The number of hydrogen-bond acceptors (Lipinski definition) is 7. The number of rotatable bonds is 9. The fourth-order valence-electron chi connectivity index (χ4n) is 3.74. The molecule has 7 nitrogen and oxygen atoms in total. The molecule has 0 fully saturated rings. The van der Waals surface area contributed by atoms with E-state index in [1.54, 1.807) is 32.5 Å². The molecule has 0 aliphatic heterocycles. The van der Waals surface area contributed by atoms with Crippen molar-refractivity contribution in [2.45, 2.75) is 26.3 Å². The molecule has 1 amide bonds. The van der Waals surface area contributed by atoms with Gasteiger partial charge in [-0.25, -0.2) is 4.98 Å². The van der Waals surface area contributed by atoms with E-state index in [0.717, 1.165) is 33.0 Å². The van der Waals surface area contributed by atoms with Gasteiger partial charge in [-0.15, -0.1) is 11.3 Å². The van der Waals surface area contributed by atoms with Crippen LogP contribution >= 0.6 is 11.3 Å². The quantitative estimate of drug-likeness (QED) is 0.304. The summed E-state index contributed by atoms with van der Waals surface area (Å²) in [6.45, 7) is 4.10. The van der Waals surface area contributed by atoms with E-state index in [9.17, 15) is 4.79 Å². The summed E-state index contributed by atoms with van der Waals surface area (Å²) in [6.07, 6.45) is 4.08. The summed E-state index contributed by atoms with van der Waals surface area (Å²) in [5, 5.41) is 7.31. The summed E-state index contributed by atoms with van der Waals surface area (Å²) in [5.74, 6) is 1.89. The first kappa shape index (κ1) is 23.4. The van der Waals surface area contributed by atoms with Crippen LogP contribution in [0, 0.1) is 6.92 Å². The molecule has 2 N–H and O–H groups in total. The van der Waals surface area contributed by atoms with Crippen molar-refractivity contribution >= 4 is 28.1 Å². The van der Waals surface area contributed by atoms with Gasteiger partial charge in [0.1, 0.15) is 10.8 Å². The summed E-state index contributed by atoms with van der Waals surface area (Å²) in [6, 6.07) is 14.7. The Balaban J connectivity index is 1.84. The van der Waals surface area contributed by atoms with Crippen molar-refractivity contribution in [2.75, 3.05) is 24.9 Å². The highest BCUT2D eigenvalue weighted by Gasteiger charge is 2.27. The van der Waals surface area contributed by atoms with Gasteiger partial charge in [-0.05, 0) is 55.3 Å². The lowest BCUT2D eigenvalue weighted by Crippen LogP contribution is -2.17. The van der Waals surface area contributed by atoms with Gasteiger partial charge in [0.05, 0.1) is 26.5 Å². The number of anilines is 2. The summed E-state index contributed by atoms with van der Waals surface area (Å²) < 4.78 is 16.6. The van der Waals surface area contributed by atoms with Gasteiger partial charge in [0.15, 0.2) is 17.3 Å². The van der Waals surface area contributed by atoms with E-state index in [1.807, 2.05) is 37.3 Å². The molecule has 0 aliphatic rings. The van der Waals surface area contributed by atoms with Crippen LogP contribution in [0.1, 0.15) is 45.1 Å². The van der Waals surface area contributed by atoms with E-state index >= 15 is 0 Å². The summed E-state index contributed by atoms with van der Waals surface area (Å²) >= 11 is 1.54. The van der Waals surface area contributed by atoms with Crippen LogP contribution in [0.2, 0.25) is 0 Å². The van der Waals surface area contributed by atoms with Gasteiger partial charge >= 0.3 is 0 Å². The van der Waals surface area contributed by atoms with Crippen LogP contribution < -0.4 is 20.1 Å². The SMILES string of the molecule is CCc1cc([C@@H](Nc2cc(C)ccn2)c2cccc(OC)c2OC)c(NC(=O)c2ccco2)s1. The second-order valence-electron chi connectivity index (χ2n) is 7.66. The van der Waals surface area contributed by atoms with Gasteiger partial charge in [-0.1, -0.05) is 19.1 Å². The number of aryl methyl sites for hydroxylation is 2. The monoisotopic (exact) mass is 477 g/mol. The lowest BCUT2D eigenvalue weighted by atomic mass is 9.98. The van der Waals surface area contributed by atoms with E-state index in [2.05, 4.69) is 28.6 Å². The number of pyridine rings is 1. The summed E-state index contributed by atoms with van der Waals surface area (Å²) in [5.41, 5.74) is 2.84. The maximum atomic E-state index is 12.8. The lowest BCUT2D eigenvalue weighted by Gasteiger charge is -2.24. The molecule has 4 rings (SSSR count). The Labute approximate surface area is 202 Å². The molecule has 0 saturated carbocycles. The van der Waals surface area contributed by atoms with E-state index in [-0.39, 0.29) is 17.7 Å². The molecule has 34 heavy (non-hydrogen) atoms. The third-order valence-corrected chi connectivity index (χ3v) is 6.61. The molecule has 0 bridgehead atoms. The first-order valence-corrected chi connectivity index (χ1v) is 11.7. The number of nitrogens with zero attached hydrogens (tertiary/aromatic N) is 1. The third-order valence-electron chi connectivity index (χ3n) is 5.40. The molecule has 0 aliphatic carbocycles. The molecular formula is C26H27N3O4S. The van der Waals surface area contributed by atoms with Gasteiger partial charge in [-0.2, -0.15) is 0 Å². The van der Waals surface area contributed by atoms with Gasteiger partial charge in [0.25, 0.3) is 5.91 Å². The Bertz CT molecular complexity index is 1270. The van der Waals surface area contributed by atoms with Gasteiger partial charge < -0.3 is 24.5 Å². The van der Waals surface area contributed by atoms with Crippen LogP contribution in [-0.2, 0) is 6.42 Å². The molecule has 0 unspecified atom stereocenters. The number of ether oxygens (including phenoxy) is 2. The molecule has 1 atom stereocenters. The highest BCUT2D eigenvalue weighted by atomic mass is 32.1. The van der Waals surface area contributed by atoms with Crippen LogP contribution in [0.5, 0.6) is 11.5 Å². The Morgan fingerprint density at radius 1 is 1.12 bits per heavy atom. The van der Waals surface area contributed by atoms with Crippen LogP contribution in [0.15, 0.2) is 65.4 Å². The van der Waals surface area contributed by atoms with Crippen LogP contribution in [0.4, 0.5) is 10.8 Å². The molecule has 4 aromatic rings. The molecule has 3 aromatic heterocycles. The number of carbonyl (C=O) groups is 1.